The summed E-state index contributed by atoms with van der Waals surface area (Å²) >= 11 is 1.31. The van der Waals surface area contributed by atoms with Crippen LogP contribution in [0.1, 0.15) is 42.1 Å². The highest BCUT2D eigenvalue weighted by molar-refractivity contribution is 7.03. The van der Waals surface area contributed by atoms with Crippen LogP contribution in [0.25, 0.3) is 22.3 Å². The van der Waals surface area contributed by atoms with Gasteiger partial charge >= 0.3 is 11.9 Å². The molecule has 0 radical (unpaired) electrons. The second-order valence-corrected chi connectivity index (χ2v) is 9.81. The molecule has 184 valence electrons. The molecular weight excluding hydrogens is 489 g/mol. The number of aromatic nitrogens is 6. The molecule has 1 aliphatic carbocycles. The predicted molar refractivity (Wildman–Crippen MR) is 129 cm³/mol. The molecule has 0 spiro atoms. The Kier molecular flexibility index (Phi) is 5.32. The van der Waals surface area contributed by atoms with Gasteiger partial charge in [-0.05, 0) is 65.7 Å². The van der Waals surface area contributed by atoms with Crippen LogP contribution in [0.2, 0.25) is 0 Å². The minimum Gasteiger partial charge on any atom is -0.320 e. The second kappa shape index (κ2) is 8.44. The van der Waals surface area contributed by atoms with Gasteiger partial charge in [-0.15, -0.1) is 10.2 Å². The molecule has 4 aromatic heterocycles. The first-order valence-corrected chi connectivity index (χ1v) is 12.3. The summed E-state index contributed by atoms with van der Waals surface area (Å²) in [6.45, 7) is 0. The van der Waals surface area contributed by atoms with Gasteiger partial charge in [0.1, 0.15) is 12.2 Å². The SMILES string of the molecule is Cn1cnnc1[C@H](c1cc(-c2cnsc2)cc(-n2cc3c(C(F)(F)F)cccn3c2=O)c1)C1CCC1. The summed E-state index contributed by atoms with van der Waals surface area (Å²) in [6, 6.07) is 7.98. The maximum atomic E-state index is 13.7. The first kappa shape index (κ1) is 22.7. The fourth-order valence-electron chi connectivity index (χ4n) is 4.98. The molecule has 1 aliphatic rings. The highest BCUT2D eigenvalue weighted by Crippen LogP contribution is 2.44. The van der Waals surface area contributed by atoms with Gasteiger partial charge < -0.3 is 4.57 Å². The van der Waals surface area contributed by atoms with Gasteiger partial charge in [-0.2, -0.15) is 13.2 Å². The lowest BCUT2D eigenvalue weighted by Crippen LogP contribution is -2.24. The van der Waals surface area contributed by atoms with E-state index >= 15 is 0 Å². The zero-order valence-electron chi connectivity index (χ0n) is 19.2. The number of aryl methyl sites for hydroxylation is 1. The zero-order valence-corrected chi connectivity index (χ0v) is 20.0. The van der Waals surface area contributed by atoms with Crippen LogP contribution in [0.15, 0.2) is 65.4 Å². The molecule has 0 bridgehead atoms. The first-order valence-electron chi connectivity index (χ1n) is 11.5. The fourth-order valence-corrected chi connectivity index (χ4v) is 5.53. The third-order valence-electron chi connectivity index (χ3n) is 6.99. The number of nitrogens with zero attached hydrogens (tertiary/aromatic N) is 6. The molecule has 36 heavy (non-hydrogen) atoms. The molecule has 0 N–H and O–H groups in total. The smallest absolute Gasteiger partial charge is 0.320 e. The molecule has 1 atom stereocenters. The van der Waals surface area contributed by atoms with E-state index in [0.29, 0.717) is 11.6 Å². The van der Waals surface area contributed by atoms with E-state index in [-0.39, 0.29) is 11.4 Å². The number of rotatable bonds is 5. The number of halogens is 3. The lowest BCUT2D eigenvalue weighted by Gasteiger charge is -2.33. The average Bonchev–Trinajstić information content (AvgIpc) is 3.56. The van der Waals surface area contributed by atoms with Gasteiger partial charge in [0.2, 0.25) is 0 Å². The van der Waals surface area contributed by atoms with Crippen LogP contribution in [0.4, 0.5) is 13.2 Å². The van der Waals surface area contributed by atoms with Crippen LogP contribution in [-0.4, -0.2) is 28.1 Å². The van der Waals surface area contributed by atoms with Gasteiger partial charge in [0.25, 0.3) is 0 Å². The van der Waals surface area contributed by atoms with Crippen molar-refractivity contribution in [3.8, 4) is 16.8 Å². The molecule has 11 heteroatoms. The number of pyridine rings is 1. The Balaban J connectivity index is 1.59. The van der Waals surface area contributed by atoms with E-state index in [2.05, 4.69) is 20.6 Å². The largest absolute Gasteiger partial charge is 0.418 e. The van der Waals surface area contributed by atoms with Crippen molar-refractivity contribution in [1.29, 1.82) is 0 Å². The maximum absolute atomic E-state index is 13.7. The maximum Gasteiger partial charge on any atom is 0.418 e. The van der Waals surface area contributed by atoms with Crippen molar-refractivity contribution in [2.45, 2.75) is 31.4 Å². The molecule has 0 aliphatic heterocycles. The molecule has 4 heterocycles. The molecule has 5 aromatic rings. The Labute approximate surface area is 207 Å². The topological polar surface area (TPSA) is 70.0 Å². The lowest BCUT2D eigenvalue weighted by molar-refractivity contribution is -0.136. The van der Waals surface area contributed by atoms with Crippen molar-refractivity contribution < 1.29 is 13.2 Å². The number of alkyl halides is 3. The van der Waals surface area contributed by atoms with Crippen molar-refractivity contribution in [1.82, 2.24) is 28.1 Å². The number of hydrogen-bond donors (Lipinski definition) is 0. The summed E-state index contributed by atoms with van der Waals surface area (Å²) in [4.78, 5) is 13.3. The van der Waals surface area contributed by atoms with E-state index in [1.54, 1.807) is 12.5 Å². The Bertz CT molecular complexity index is 1610. The normalized spacial score (nSPS) is 15.3. The van der Waals surface area contributed by atoms with Gasteiger partial charge in [-0.1, -0.05) is 12.5 Å². The molecule has 1 saturated carbocycles. The van der Waals surface area contributed by atoms with Gasteiger partial charge in [-0.25, -0.2) is 9.17 Å². The van der Waals surface area contributed by atoms with E-state index in [0.717, 1.165) is 52.2 Å². The van der Waals surface area contributed by atoms with Crippen LogP contribution in [0, 0.1) is 5.92 Å². The summed E-state index contributed by atoms with van der Waals surface area (Å²) < 4.78 is 49.4. The molecule has 1 aromatic carbocycles. The Morgan fingerprint density at radius 3 is 2.64 bits per heavy atom. The van der Waals surface area contributed by atoms with Crippen molar-refractivity contribution in [3.05, 3.63) is 88.1 Å². The minimum atomic E-state index is -4.58. The zero-order chi connectivity index (χ0) is 25.0. The lowest BCUT2D eigenvalue weighted by atomic mass is 9.72. The van der Waals surface area contributed by atoms with Crippen LogP contribution in [-0.2, 0) is 13.2 Å². The quantitative estimate of drug-likeness (QED) is 0.322. The third kappa shape index (κ3) is 3.74. The van der Waals surface area contributed by atoms with E-state index in [1.807, 2.05) is 29.1 Å². The number of benzene rings is 1. The summed E-state index contributed by atoms with van der Waals surface area (Å²) in [5, 5.41) is 10.4. The van der Waals surface area contributed by atoms with E-state index in [1.165, 1.54) is 34.6 Å². The van der Waals surface area contributed by atoms with Crippen LogP contribution >= 0.6 is 11.5 Å². The van der Waals surface area contributed by atoms with Gasteiger partial charge in [0, 0.05) is 42.5 Å². The van der Waals surface area contributed by atoms with Gasteiger partial charge in [0.05, 0.1) is 16.8 Å². The molecule has 0 saturated heterocycles. The van der Waals surface area contributed by atoms with E-state index in [9.17, 15) is 18.0 Å². The second-order valence-electron chi connectivity index (χ2n) is 9.15. The summed E-state index contributed by atoms with van der Waals surface area (Å²) in [5.74, 6) is 1.12. The average molecular weight is 511 g/mol. The van der Waals surface area contributed by atoms with Crippen LogP contribution < -0.4 is 5.69 Å². The highest BCUT2D eigenvalue weighted by Gasteiger charge is 2.35. The molecule has 0 unspecified atom stereocenters. The Morgan fingerprint density at radius 2 is 2.00 bits per heavy atom. The number of fused-ring (bicyclic) bond motifs is 1. The third-order valence-corrected chi connectivity index (χ3v) is 7.58. The van der Waals surface area contributed by atoms with Crippen LogP contribution in [0.5, 0.6) is 0 Å². The predicted octanol–water partition coefficient (Wildman–Crippen LogP) is 5.29. The molecule has 1 fully saturated rings. The van der Waals surface area contributed by atoms with E-state index in [4.69, 9.17) is 0 Å². The monoisotopic (exact) mass is 510 g/mol. The molecule has 7 nitrogen and oxygen atoms in total. The van der Waals surface area contributed by atoms with Crippen molar-refractivity contribution in [2.24, 2.45) is 13.0 Å². The summed E-state index contributed by atoms with van der Waals surface area (Å²) in [6.07, 6.45) is 4.66. The number of imidazole rings is 1. The molecular formula is C25H21F3N6OS. The summed E-state index contributed by atoms with van der Waals surface area (Å²) in [7, 11) is 1.90. The van der Waals surface area contributed by atoms with Gasteiger partial charge in [0.15, 0.2) is 0 Å². The van der Waals surface area contributed by atoms with Crippen molar-refractivity contribution in [3.63, 3.8) is 0 Å². The van der Waals surface area contributed by atoms with Crippen molar-refractivity contribution in [2.75, 3.05) is 0 Å². The highest BCUT2D eigenvalue weighted by atomic mass is 32.1. The Morgan fingerprint density at radius 1 is 1.17 bits per heavy atom. The van der Waals surface area contributed by atoms with Crippen LogP contribution in [0.3, 0.4) is 0 Å². The van der Waals surface area contributed by atoms with Crippen molar-refractivity contribution >= 4 is 17.0 Å². The first-order chi connectivity index (χ1) is 17.3. The fraction of sp³-hybridized carbons (Fsp3) is 0.280. The Hall–Kier alpha value is -3.73. The molecule has 6 rings (SSSR count). The minimum absolute atomic E-state index is 0.0602. The standard InChI is InChI=1S/C25H21F3N6OS/c1-32-14-29-31-23(32)22(15-4-2-5-15)17-8-16(18-11-30-36-13-18)9-19(10-17)34-12-21-20(25(26,27)28)6-3-7-33(21)24(34)35/h3,6-15,22H,2,4-5H2,1H3/t22-/m0/s1. The van der Waals surface area contributed by atoms with E-state index < -0.39 is 17.4 Å². The molecule has 0 amide bonds. The summed E-state index contributed by atoms with van der Waals surface area (Å²) in [5.41, 5.74) is 1.52. The van der Waals surface area contributed by atoms with Gasteiger partial charge in [-0.3, -0.25) is 8.97 Å². The number of hydrogen-bond acceptors (Lipinski definition) is 5.